The molecule has 0 spiro atoms. The third-order valence-electron chi connectivity index (χ3n) is 5.70. The fourth-order valence-corrected chi connectivity index (χ4v) is 5.07. The summed E-state index contributed by atoms with van der Waals surface area (Å²) in [6.45, 7) is 0.755. The van der Waals surface area contributed by atoms with Crippen molar-refractivity contribution < 1.29 is 32.3 Å². The van der Waals surface area contributed by atoms with Crippen LogP contribution in [0, 0.1) is 0 Å². The molecule has 1 amide bonds. The van der Waals surface area contributed by atoms with Crippen molar-refractivity contribution in [2.24, 2.45) is 0 Å². The standard InChI is InChI=1S/C25H26ClN3O7S2/c26-18-7-9-22-21(17-18)27(11-4-16-38(32,33)34)23(36-22)10-8-20-24(31)29(19-5-2-1-3-6-19)25(37)28(20)12-14-35-15-13-30/h1-3,5-10,17,30H,4,11-16H2,(H,32,33,34)/b20-8+,23-10+. The maximum atomic E-state index is 13.5. The number of anilines is 2. The van der Waals surface area contributed by atoms with Crippen LogP contribution in [0.15, 0.2) is 72.3 Å². The predicted molar refractivity (Wildman–Crippen MR) is 148 cm³/mol. The zero-order chi connectivity index (χ0) is 27.3. The van der Waals surface area contributed by atoms with Gasteiger partial charge in [0.25, 0.3) is 16.0 Å². The van der Waals surface area contributed by atoms with Crippen molar-refractivity contribution in [3.63, 3.8) is 0 Å². The second-order valence-corrected chi connectivity index (χ2v) is 10.7. The first-order valence-electron chi connectivity index (χ1n) is 11.7. The van der Waals surface area contributed by atoms with Gasteiger partial charge in [0, 0.05) is 24.2 Å². The van der Waals surface area contributed by atoms with Crippen LogP contribution >= 0.6 is 23.8 Å². The average Bonchev–Trinajstić information content (AvgIpc) is 3.33. The molecule has 2 N–H and O–H groups in total. The molecular formula is C25H26ClN3O7S2. The number of allylic oxidation sites excluding steroid dienone is 2. The number of para-hydroxylation sites is 1. The maximum Gasteiger partial charge on any atom is 0.281 e. The normalized spacial score (nSPS) is 17.6. The highest BCUT2D eigenvalue weighted by Gasteiger charge is 2.38. The van der Waals surface area contributed by atoms with Gasteiger partial charge in [-0.2, -0.15) is 8.42 Å². The van der Waals surface area contributed by atoms with Gasteiger partial charge in [0.15, 0.2) is 10.9 Å². The summed E-state index contributed by atoms with van der Waals surface area (Å²) in [5.74, 6) is 0.100. The minimum absolute atomic E-state index is 0.121. The van der Waals surface area contributed by atoms with E-state index in [1.165, 1.54) is 4.90 Å². The van der Waals surface area contributed by atoms with Crippen LogP contribution in [0.4, 0.5) is 11.4 Å². The number of halogens is 1. The Morgan fingerprint density at radius 3 is 2.53 bits per heavy atom. The molecule has 2 aliphatic heterocycles. The average molecular weight is 580 g/mol. The Morgan fingerprint density at radius 2 is 1.82 bits per heavy atom. The van der Waals surface area contributed by atoms with Gasteiger partial charge < -0.3 is 24.4 Å². The van der Waals surface area contributed by atoms with E-state index >= 15 is 0 Å². The number of thiocarbonyl (C=S) groups is 1. The van der Waals surface area contributed by atoms with Crippen molar-refractivity contribution in [3.8, 4) is 5.75 Å². The number of aliphatic hydroxyl groups excluding tert-OH is 1. The molecular weight excluding hydrogens is 554 g/mol. The van der Waals surface area contributed by atoms with Crippen molar-refractivity contribution in [1.29, 1.82) is 0 Å². The van der Waals surface area contributed by atoms with Crippen LogP contribution in [0.5, 0.6) is 5.75 Å². The van der Waals surface area contributed by atoms with Crippen molar-refractivity contribution >= 4 is 56.3 Å². The molecule has 0 atom stereocenters. The van der Waals surface area contributed by atoms with Crippen LogP contribution in [0.2, 0.25) is 5.02 Å². The van der Waals surface area contributed by atoms with Gasteiger partial charge in [-0.15, -0.1) is 0 Å². The summed E-state index contributed by atoms with van der Waals surface area (Å²) in [6, 6.07) is 14.1. The van der Waals surface area contributed by atoms with E-state index < -0.39 is 15.9 Å². The van der Waals surface area contributed by atoms with E-state index in [0.29, 0.717) is 28.0 Å². The molecule has 2 aromatic rings. The summed E-state index contributed by atoms with van der Waals surface area (Å²) in [4.78, 5) is 18.3. The number of carbonyl (C=O) groups is 1. The second-order valence-electron chi connectivity index (χ2n) is 8.31. The Bertz CT molecular complexity index is 1370. The van der Waals surface area contributed by atoms with Crippen LogP contribution in [0.25, 0.3) is 0 Å². The molecule has 2 aromatic carbocycles. The quantitative estimate of drug-likeness (QED) is 0.178. The van der Waals surface area contributed by atoms with E-state index in [1.807, 2.05) is 18.2 Å². The van der Waals surface area contributed by atoms with Crippen LogP contribution < -0.4 is 14.5 Å². The van der Waals surface area contributed by atoms with Gasteiger partial charge in [-0.3, -0.25) is 14.2 Å². The van der Waals surface area contributed by atoms with E-state index in [0.717, 1.165) is 0 Å². The van der Waals surface area contributed by atoms with Gasteiger partial charge in [0.2, 0.25) is 5.88 Å². The summed E-state index contributed by atoms with van der Waals surface area (Å²) >= 11 is 11.8. The van der Waals surface area contributed by atoms with Crippen molar-refractivity contribution in [2.45, 2.75) is 6.42 Å². The van der Waals surface area contributed by atoms with E-state index in [9.17, 15) is 13.2 Å². The number of rotatable bonds is 11. The molecule has 10 nitrogen and oxygen atoms in total. The Morgan fingerprint density at radius 1 is 1.05 bits per heavy atom. The number of ether oxygens (including phenoxy) is 2. The van der Waals surface area contributed by atoms with Crippen LogP contribution in [0.1, 0.15) is 6.42 Å². The molecule has 2 heterocycles. The molecule has 0 saturated carbocycles. The van der Waals surface area contributed by atoms with Gasteiger partial charge in [0.05, 0.1) is 36.9 Å². The number of benzene rings is 2. The summed E-state index contributed by atoms with van der Waals surface area (Å²) < 4.78 is 43.0. The number of carbonyl (C=O) groups excluding carboxylic acids is 1. The molecule has 2 aliphatic rings. The number of hydrogen-bond donors (Lipinski definition) is 2. The zero-order valence-electron chi connectivity index (χ0n) is 20.2. The highest BCUT2D eigenvalue weighted by molar-refractivity contribution is 7.85. The summed E-state index contributed by atoms with van der Waals surface area (Å²) in [7, 11) is -4.13. The Balaban J connectivity index is 1.65. The molecule has 0 aromatic heterocycles. The number of fused-ring (bicyclic) bond motifs is 1. The number of hydrogen-bond acceptors (Lipinski definition) is 8. The second kappa shape index (κ2) is 12.2. The topological polar surface area (TPSA) is 120 Å². The number of amides is 1. The first-order chi connectivity index (χ1) is 18.2. The van der Waals surface area contributed by atoms with Gasteiger partial charge in [-0.1, -0.05) is 29.8 Å². The van der Waals surface area contributed by atoms with Gasteiger partial charge in [-0.25, -0.2) is 0 Å². The Kier molecular flexibility index (Phi) is 9.03. The largest absolute Gasteiger partial charge is 0.439 e. The van der Waals surface area contributed by atoms with E-state index in [-0.39, 0.29) is 56.0 Å². The fourth-order valence-electron chi connectivity index (χ4n) is 4.03. The SMILES string of the molecule is O=C1/C(=C\C=C2\Oc3ccc(Cl)cc3N2CCCS(=O)(=O)O)N(CCOCCO)C(=S)N1c1ccccc1. The highest BCUT2D eigenvalue weighted by Crippen LogP contribution is 2.41. The van der Waals surface area contributed by atoms with Gasteiger partial charge in [-0.05, 0) is 55.0 Å². The lowest BCUT2D eigenvalue weighted by molar-refractivity contribution is -0.114. The maximum absolute atomic E-state index is 13.5. The number of aliphatic hydroxyl groups is 1. The molecule has 1 fully saturated rings. The van der Waals surface area contributed by atoms with Crippen LogP contribution in [0.3, 0.4) is 0 Å². The summed E-state index contributed by atoms with van der Waals surface area (Å²) in [5, 5.41) is 9.75. The van der Waals surface area contributed by atoms with E-state index in [4.69, 9.17) is 43.0 Å². The van der Waals surface area contributed by atoms with Crippen molar-refractivity contribution in [3.05, 3.63) is 77.3 Å². The fraction of sp³-hybridized carbons (Fsp3) is 0.280. The Hall–Kier alpha value is -3.00. The lowest BCUT2D eigenvalue weighted by Crippen LogP contribution is -2.34. The smallest absolute Gasteiger partial charge is 0.281 e. The van der Waals surface area contributed by atoms with Crippen LogP contribution in [-0.4, -0.2) is 72.7 Å². The summed E-state index contributed by atoms with van der Waals surface area (Å²) in [5.41, 5.74) is 1.53. The summed E-state index contributed by atoms with van der Waals surface area (Å²) in [6.07, 6.45) is 3.32. The minimum atomic E-state index is -4.13. The van der Waals surface area contributed by atoms with E-state index in [2.05, 4.69) is 0 Å². The molecule has 4 rings (SSSR count). The highest BCUT2D eigenvalue weighted by atomic mass is 35.5. The molecule has 13 heteroatoms. The molecule has 0 unspecified atom stereocenters. The molecule has 38 heavy (non-hydrogen) atoms. The Labute approximate surface area is 231 Å². The van der Waals surface area contributed by atoms with E-state index in [1.54, 1.807) is 52.3 Å². The van der Waals surface area contributed by atoms with Crippen molar-refractivity contribution in [2.75, 3.05) is 48.5 Å². The monoisotopic (exact) mass is 579 g/mol. The minimum Gasteiger partial charge on any atom is -0.439 e. The molecule has 1 saturated heterocycles. The predicted octanol–water partition coefficient (Wildman–Crippen LogP) is 3.18. The van der Waals surface area contributed by atoms with Crippen LogP contribution in [-0.2, 0) is 19.6 Å². The molecule has 0 aliphatic carbocycles. The van der Waals surface area contributed by atoms with Gasteiger partial charge in [0.1, 0.15) is 5.70 Å². The molecule has 0 bridgehead atoms. The lowest BCUT2D eigenvalue weighted by Gasteiger charge is -2.20. The first-order valence-corrected chi connectivity index (χ1v) is 14.1. The lowest BCUT2D eigenvalue weighted by atomic mass is 10.2. The zero-order valence-corrected chi connectivity index (χ0v) is 22.6. The third kappa shape index (κ3) is 6.52. The van der Waals surface area contributed by atoms with Gasteiger partial charge >= 0.3 is 0 Å². The molecule has 0 radical (unpaired) electrons. The third-order valence-corrected chi connectivity index (χ3v) is 7.15. The first kappa shape index (κ1) is 28.0. The van der Waals surface area contributed by atoms with Crippen molar-refractivity contribution in [1.82, 2.24) is 4.90 Å². The number of nitrogens with zero attached hydrogens (tertiary/aromatic N) is 3. The molecule has 202 valence electrons.